The predicted octanol–water partition coefficient (Wildman–Crippen LogP) is 22.3. The van der Waals surface area contributed by atoms with Gasteiger partial charge in [-0.25, -0.2) is 0 Å². The molecule has 0 saturated heterocycles. The summed E-state index contributed by atoms with van der Waals surface area (Å²) < 4.78 is 0. The van der Waals surface area contributed by atoms with Crippen molar-refractivity contribution in [1.29, 1.82) is 0 Å². The molecule has 2 nitrogen and oxygen atoms in total. The van der Waals surface area contributed by atoms with E-state index in [1.807, 2.05) is 30.3 Å². The van der Waals surface area contributed by atoms with Gasteiger partial charge in [0.05, 0.1) is 0 Å². The normalized spacial score (nSPS) is 11.5. The lowest BCUT2D eigenvalue weighted by atomic mass is 10.0. The number of para-hydroxylation sites is 1. The van der Waals surface area contributed by atoms with Gasteiger partial charge in [0.1, 0.15) is 0 Å². The Balaban J connectivity index is 1.60. The largest absolute Gasteiger partial charge is 0.326 e. The minimum atomic E-state index is 0.152. The van der Waals surface area contributed by atoms with Crippen molar-refractivity contribution in [2.75, 3.05) is 5.32 Å². The van der Waals surface area contributed by atoms with Crippen molar-refractivity contribution >= 4 is 11.6 Å². The van der Waals surface area contributed by atoms with Crippen LogP contribution in [0.1, 0.15) is 347 Å². The first kappa shape index (κ1) is 59.7. The maximum Gasteiger partial charge on any atom is 0.224 e. The van der Waals surface area contributed by atoms with E-state index in [1.165, 1.54) is 327 Å². The van der Waals surface area contributed by atoms with Crippen LogP contribution in [0.5, 0.6) is 0 Å². The standard InChI is InChI=1S/C61H115NO/c1-2-3-4-5-6-7-8-9-10-11-12-13-14-15-16-17-18-19-20-21-22-23-24-25-26-27-28-29-30-31-32-33-34-35-36-37-38-39-40-41-42-43-44-45-46-47-48-49-50-51-52-56-59-61(63)62-60-57-54-53-55-58-60/h53-55,57-58H,2-52,56,59H2,1H3,(H,62,63). The number of rotatable bonds is 54. The van der Waals surface area contributed by atoms with E-state index in [0.29, 0.717) is 6.42 Å². The van der Waals surface area contributed by atoms with E-state index in [2.05, 4.69) is 12.2 Å². The summed E-state index contributed by atoms with van der Waals surface area (Å²) >= 11 is 0. The molecule has 0 bridgehead atoms. The fourth-order valence-electron chi connectivity index (χ4n) is 9.94. The third-order valence-corrected chi connectivity index (χ3v) is 14.3. The third kappa shape index (κ3) is 50.0. The van der Waals surface area contributed by atoms with E-state index in [9.17, 15) is 4.79 Å². The quantitative estimate of drug-likeness (QED) is 0.0649. The summed E-state index contributed by atoms with van der Waals surface area (Å²) in [5.74, 6) is 0.152. The molecule has 1 aromatic carbocycles. The van der Waals surface area contributed by atoms with Crippen LogP contribution in [0.4, 0.5) is 5.69 Å². The van der Waals surface area contributed by atoms with E-state index in [1.54, 1.807) is 0 Å². The van der Waals surface area contributed by atoms with E-state index in [4.69, 9.17) is 0 Å². The van der Waals surface area contributed by atoms with Gasteiger partial charge in [0.25, 0.3) is 0 Å². The second-order valence-corrected chi connectivity index (χ2v) is 20.7. The van der Waals surface area contributed by atoms with Gasteiger partial charge in [-0.2, -0.15) is 0 Å². The highest BCUT2D eigenvalue weighted by Gasteiger charge is 2.03. The molecule has 0 unspecified atom stereocenters. The summed E-state index contributed by atoms with van der Waals surface area (Å²) in [5.41, 5.74) is 0.908. The molecule has 1 aromatic rings. The molecular weight excluding hydrogens is 763 g/mol. The molecule has 0 radical (unpaired) electrons. The lowest BCUT2D eigenvalue weighted by Gasteiger charge is -2.05. The van der Waals surface area contributed by atoms with E-state index < -0.39 is 0 Å². The molecule has 370 valence electrons. The Morgan fingerprint density at radius 1 is 0.270 bits per heavy atom. The first-order valence-electron chi connectivity index (χ1n) is 29.7. The molecule has 63 heavy (non-hydrogen) atoms. The average molecular weight is 879 g/mol. The van der Waals surface area contributed by atoms with Gasteiger partial charge in [-0.3, -0.25) is 4.79 Å². The first-order chi connectivity index (χ1) is 31.3. The van der Waals surface area contributed by atoms with Crippen molar-refractivity contribution in [2.45, 2.75) is 347 Å². The maximum atomic E-state index is 12.0. The summed E-state index contributed by atoms with van der Waals surface area (Å²) in [6, 6.07) is 9.80. The van der Waals surface area contributed by atoms with Gasteiger partial charge >= 0.3 is 0 Å². The van der Waals surface area contributed by atoms with E-state index in [-0.39, 0.29) is 5.91 Å². The molecule has 0 aliphatic rings. The van der Waals surface area contributed by atoms with Crippen LogP contribution in [0.25, 0.3) is 0 Å². The average Bonchev–Trinajstić information content (AvgIpc) is 3.29. The van der Waals surface area contributed by atoms with Gasteiger partial charge in [0.2, 0.25) is 5.91 Å². The fourth-order valence-corrected chi connectivity index (χ4v) is 9.94. The van der Waals surface area contributed by atoms with E-state index >= 15 is 0 Å². The van der Waals surface area contributed by atoms with Crippen LogP contribution < -0.4 is 5.32 Å². The van der Waals surface area contributed by atoms with Crippen molar-refractivity contribution in [3.05, 3.63) is 30.3 Å². The van der Waals surface area contributed by atoms with Crippen molar-refractivity contribution in [1.82, 2.24) is 0 Å². The summed E-state index contributed by atoms with van der Waals surface area (Å²) in [7, 11) is 0. The Labute approximate surface area is 397 Å². The molecule has 0 spiro atoms. The van der Waals surface area contributed by atoms with E-state index in [0.717, 1.165) is 12.1 Å². The highest BCUT2D eigenvalue weighted by atomic mass is 16.1. The van der Waals surface area contributed by atoms with Gasteiger partial charge in [-0.05, 0) is 18.6 Å². The van der Waals surface area contributed by atoms with Crippen LogP contribution >= 0.6 is 0 Å². The van der Waals surface area contributed by atoms with Crippen molar-refractivity contribution in [2.24, 2.45) is 0 Å². The minimum absolute atomic E-state index is 0.152. The monoisotopic (exact) mass is 878 g/mol. The highest BCUT2D eigenvalue weighted by Crippen LogP contribution is 2.19. The van der Waals surface area contributed by atoms with Gasteiger partial charge in [-0.15, -0.1) is 0 Å². The number of carbonyl (C=O) groups excluding carboxylic acids is 1. The number of unbranched alkanes of at least 4 members (excludes halogenated alkanes) is 51. The van der Waals surface area contributed by atoms with Gasteiger partial charge in [-0.1, -0.05) is 353 Å². The van der Waals surface area contributed by atoms with Crippen molar-refractivity contribution in [3.63, 3.8) is 0 Å². The molecule has 1 rings (SSSR count). The van der Waals surface area contributed by atoms with Crippen LogP contribution in [0, 0.1) is 0 Å². The summed E-state index contributed by atoms with van der Waals surface area (Å²) in [6.07, 6.45) is 76.2. The number of hydrogen-bond donors (Lipinski definition) is 1. The predicted molar refractivity (Wildman–Crippen MR) is 285 cm³/mol. The second kappa shape index (κ2) is 53.3. The Morgan fingerprint density at radius 2 is 0.444 bits per heavy atom. The highest BCUT2D eigenvalue weighted by molar-refractivity contribution is 5.90. The molecule has 0 aliphatic heterocycles. The molecule has 0 fully saturated rings. The van der Waals surface area contributed by atoms with Crippen LogP contribution in [0.3, 0.4) is 0 Å². The number of anilines is 1. The number of carbonyl (C=O) groups is 1. The maximum absolute atomic E-state index is 12.0. The minimum Gasteiger partial charge on any atom is -0.326 e. The Morgan fingerprint density at radius 3 is 0.635 bits per heavy atom. The lowest BCUT2D eigenvalue weighted by Crippen LogP contribution is -2.10. The molecule has 0 aromatic heterocycles. The second-order valence-electron chi connectivity index (χ2n) is 20.7. The molecular formula is C61H115NO. The molecule has 1 N–H and O–H groups in total. The Bertz CT molecular complexity index is 974. The molecule has 0 atom stereocenters. The van der Waals surface area contributed by atoms with Crippen LogP contribution in [-0.4, -0.2) is 5.91 Å². The van der Waals surface area contributed by atoms with Crippen molar-refractivity contribution in [3.8, 4) is 0 Å². The first-order valence-corrected chi connectivity index (χ1v) is 29.7. The SMILES string of the molecule is CCCCCCCCCCCCCCCCCCCCCCCCCCCCCCCCCCCCCCCCCCCCCCCCCCCCCCC(=O)Nc1ccccc1. The Hall–Kier alpha value is -1.31. The molecule has 0 aliphatic carbocycles. The zero-order chi connectivity index (χ0) is 44.9. The summed E-state index contributed by atoms with van der Waals surface area (Å²) in [4.78, 5) is 12.0. The summed E-state index contributed by atoms with van der Waals surface area (Å²) in [5, 5.41) is 2.99. The molecule has 2 heteroatoms. The number of hydrogen-bond acceptors (Lipinski definition) is 1. The van der Waals surface area contributed by atoms with Crippen LogP contribution in [-0.2, 0) is 4.79 Å². The topological polar surface area (TPSA) is 29.1 Å². The zero-order valence-corrected chi connectivity index (χ0v) is 43.3. The van der Waals surface area contributed by atoms with Gasteiger partial charge in [0.15, 0.2) is 0 Å². The summed E-state index contributed by atoms with van der Waals surface area (Å²) in [6.45, 7) is 2.31. The van der Waals surface area contributed by atoms with Crippen molar-refractivity contribution < 1.29 is 4.79 Å². The number of benzene rings is 1. The zero-order valence-electron chi connectivity index (χ0n) is 43.3. The molecule has 0 saturated carbocycles. The van der Waals surface area contributed by atoms with Gasteiger partial charge in [0, 0.05) is 12.1 Å². The van der Waals surface area contributed by atoms with Crippen LogP contribution in [0.2, 0.25) is 0 Å². The number of amides is 1. The van der Waals surface area contributed by atoms with Crippen LogP contribution in [0.15, 0.2) is 30.3 Å². The lowest BCUT2D eigenvalue weighted by molar-refractivity contribution is -0.116. The molecule has 1 amide bonds. The number of nitrogens with one attached hydrogen (secondary N) is 1. The fraction of sp³-hybridized carbons (Fsp3) is 0.885. The smallest absolute Gasteiger partial charge is 0.224 e. The molecule has 0 heterocycles. The Kier molecular flexibility index (Phi) is 50.5. The van der Waals surface area contributed by atoms with Gasteiger partial charge < -0.3 is 5.32 Å². The third-order valence-electron chi connectivity index (χ3n) is 14.3.